The van der Waals surface area contributed by atoms with Crippen LogP contribution in [0.5, 0.6) is 0 Å². The van der Waals surface area contributed by atoms with E-state index in [-0.39, 0.29) is 6.03 Å². The minimum absolute atomic E-state index is 0.111. The van der Waals surface area contributed by atoms with Gasteiger partial charge in [0.15, 0.2) is 0 Å². The summed E-state index contributed by atoms with van der Waals surface area (Å²) in [5, 5.41) is 3.14. The molecule has 1 N–H and O–H groups in total. The van der Waals surface area contributed by atoms with Crippen molar-refractivity contribution in [1.82, 2.24) is 15.2 Å². The number of hydrogen-bond acceptors (Lipinski definition) is 2. The molecule has 3 bridgehead atoms. The van der Waals surface area contributed by atoms with Crippen LogP contribution in [0.4, 0.5) is 4.79 Å². The summed E-state index contributed by atoms with van der Waals surface area (Å²) in [6.45, 7) is 4.62. The van der Waals surface area contributed by atoms with Crippen LogP contribution in [-0.4, -0.2) is 35.5 Å². The van der Waals surface area contributed by atoms with Crippen molar-refractivity contribution in [3.63, 3.8) is 0 Å². The Bertz CT molecular complexity index is 733. The molecule has 4 atom stereocenters. The predicted molar refractivity (Wildman–Crippen MR) is 128 cm³/mol. The highest BCUT2D eigenvalue weighted by Gasteiger charge is 2.51. The zero-order valence-corrected chi connectivity index (χ0v) is 19.4. The first kappa shape index (κ1) is 22.4. The molecule has 0 aliphatic heterocycles. The van der Waals surface area contributed by atoms with Crippen LogP contribution in [0.1, 0.15) is 83.1 Å². The molecule has 3 fully saturated rings. The molecule has 3 aliphatic carbocycles. The smallest absolute Gasteiger partial charge is 0.317 e. The normalized spacial score (nSPS) is 29.3. The Morgan fingerprint density at radius 3 is 2.87 bits per heavy atom. The maximum Gasteiger partial charge on any atom is 0.317 e. The largest absolute Gasteiger partial charge is 0.335 e. The fourth-order valence-corrected chi connectivity index (χ4v) is 6.84. The molecular weight excluding hydrogens is 382 g/mol. The number of urea groups is 1. The van der Waals surface area contributed by atoms with E-state index in [1.165, 1.54) is 64.2 Å². The first-order valence-corrected chi connectivity index (χ1v) is 12.8. The van der Waals surface area contributed by atoms with Gasteiger partial charge in [-0.15, -0.1) is 0 Å². The Kier molecular flexibility index (Phi) is 7.68. The van der Waals surface area contributed by atoms with Gasteiger partial charge in [-0.05, 0) is 85.8 Å². The molecule has 4 nitrogen and oxygen atoms in total. The molecule has 4 unspecified atom stereocenters. The van der Waals surface area contributed by atoms with Gasteiger partial charge in [0.05, 0.1) is 0 Å². The number of aromatic nitrogens is 1. The van der Waals surface area contributed by atoms with Gasteiger partial charge < -0.3 is 10.2 Å². The maximum atomic E-state index is 13.0. The maximum absolute atomic E-state index is 13.0. The molecule has 4 heteroatoms. The van der Waals surface area contributed by atoms with E-state index >= 15 is 0 Å². The highest BCUT2D eigenvalue weighted by atomic mass is 16.2. The molecule has 1 heterocycles. The van der Waals surface area contributed by atoms with E-state index in [1.807, 2.05) is 24.3 Å². The Morgan fingerprint density at radius 1 is 1.19 bits per heavy atom. The highest BCUT2D eigenvalue weighted by molar-refractivity contribution is 5.74. The van der Waals surface area contributed by atoms with Gasteiger partial charge in [-0.2, -0.15) is 0 Å². The number of hydrogen-bond donors (Lipinski definition) is 1. The van der Waals surface area contributed by atoms with E-state index in [2.05, 4.69) is 22.1 Å². The zero-order chi connectivity index (χ0) is 21.5. The van der Waals surface area contributed by atoms with Gasteiger partial charge in [0.2, 0.25) is 0 Å². The molecular formula is C27H41N3O. The highest BCUT2D eigenvalue weighted by Crippen LogP contribution is 2.61. The lowest BCUT2D eigenvalue weighted by Gasteiger charge is -2.36. The van der Waals surface area contributed by atoms with Gasteiger partial charge in [-0.25, -0.2) is 4.79 Å². The fourth-order valence-electron chi connectivity index (χ4n) is 6.84. The van der Waals surface area contributed by atoms with Crippen LogP contribution in [0.15, 0.2) is 30.6 Å². The Labute approximate surface area is 188 Å². The summed E-state index contributed by atoms with van der Waals surface area (Å²) in [5.74, 6) is 2.91. The van der Waals surface area contributed by atoms with Crippen LogP contribution in [0, 0.1) is 23.2 Å². The van der Waals surface area contributed by atoms with Crippen molar-refractivity contribution in [2.24, 2.45) is 23.2 Å². The number of rotatable bonds is 10. The Hall–Kier alpha value is -1.84. The molecule has 0 spiro atoms. The first-order valence-electron chi connectivity index (χ1n) is 12.8. The van der Waals surface area contributed by atoms with Crippen LogP contribution in [0.25, 0.3) is 6.08 Å². The first-order chi connectivity index (χ1) is 15.2. The minimum Gasteiger partial charge on any atom is -0.335 e. The Morgan fingerprint density at radius 2 is 2.03 bits per heavy atom. The summed E-state index contributed by atoms with van der Waals surface area (Å²) in [4.78, 5) is 19.2. The molecule has 3 saturated carbocycles. The molecule has 2 amide bonds. The van der Waals surface area contributed by atoms with Crippen LogP contribution < -0.4 is 5.32 Å². The van der Waals surface area contributed by atoms with E-state index in [0.29, 0.717) is 12.0 Å². The lowest BCUT2D eigenvalue weighted by atomic mass is 9.71. The number of fused-ring (bicyclic) bond motifs is 2. The van der Waals surface area contributed by atoms with Gasteiger partial charge in [-0.3, -0.25) is 4.98 Å². The molecule has 1 aromatic heterocycles. The van der Waals surface area contributed by atoms with Gasteiger partial charge >= 0.3 is 6.03 Å². The number of nitrogens with one attached hydrogen (secondary N) is 1. The Balaban J connectivity index is 1.32. The molecule has 0 radical (unpaired) electrons. The summed E-state index contributed by atoms with van der Waals surface area (Å²) in [6, 6.07) is 4.06. The van der Waals surface area contributed by atoms with Crippen molar-refractivity contribution >= 4 is 12.1 Å². The third kappa shape index (κ3) is 5.70. The van der Waals surface area contributed by atoms with Gasteiger partial charge in [0.25, 0.3) is 0 Å². The lowest BCUT2D eigenvalue weighted by molar-refractivity contribution is 0.135. The van der Waals surface area contributed by atoms with Gasteiger partial charge in [0.1, 0.15) is 0 Å². The van der Waals surface area contributed by atoms with Crippen molar-refractivity contribution in [2.45, 2.75) is 77.6 Å². The second-order valence-corrected chi connectivity index (χ2v) is 10.4. The van der Waals surface area contributed by atoms with Crippen LogP contribution >= 0.6 is 0 Å². The zero-order valence-electron chi connectivity index (χ0n) is 19.4. The topological polar surface area (TPSA) is 45.2 Å². The molecule has 4 rings (SSSR count). The van der Waals surface area contributed by atoms with Crippen LogP contribution in [0.3, 0.4) is 0 Å². The van der Waals surface area contributed by atoms with E-state index in [4.69, 9.17) is 0 Å². The minimum atomic E-state index is 0.111. The average Bonchev–Trinajstić information content (AvgIpc) is 2.95. The van der Waals surface area contributed by atoms with E-state index in [0.717, 1.165) is 42.8 Å². The second-order valence-electron chi connectivity index (χ2n) is 10.4. The van der Waals surface area contributed by atoms with Crippen molar-refractivity contribution < 1.29 is 4.79 Å². The summed E-state index contributed by atoms with van der Waals surface area (Å²) >= 11 is 0. The monoisotopic (exact) mass is 423 g/mol. The van der Waals surface area contributed by atoms with Crippen molar-refractivity contribution in [1.29, 1.82) is 0 Å². The summed E-state index contributed by atoms with van der Waals surface area (Å²) < 4.78 is 0. The number of pyridine rings is 1. The van der Waals surface area contributed by atoms with Crippen molar-refractivity contribution in [2.75, 3.05) is 19.6 Å². The molecule has 1 aromatic rings. The predicted octanol–water partition coefficient (Wildman–Crippen LogP) is 6.29. The number of carbonyl (C=O) groups is 1. The van der Waals surface area contributed by atoms with Crippen LogP contribution in [0.2, 0.25) is 0 Å². The second kappa shape index (κ2) is 10.7. The van der Waals surface area contributed by atoms with E-state index < -0.39 is 0 Å². The third-order valence-corrected chi connectivity index (χ3v) is 8.34. The number of carbonyl (C=O) groups excluding carboxylic acids is 1. The third-order valence-electron chi connectivity index (χ3n) is 8.34. The van der Waals surface area contributed by atoms with Gasteiger partial charge in [0, 0.05) is 32.0 Å². The molecule has 3 aliphatic rings. The molecule has 0 aromatic carbocycles. The van der Waals surface area contributed by atoms with E-state index in [9.17, 15) is 4.79 Å². The quantitative estimate of drug-likeness (QED) is 0.449. The molecule has 0 saturated heterocycles. The fraction of sp³-hybridized carbons (Fsp3) is 0.704. The SMILES string of the molecule is CCCCCN(CCC12CCCC3CC(CC1C3)C2)C(=O)NC/C=C\c1ccncc1. The lowest BCUT2D eigenvalue weighted by Crippen LogP contribution is -2.43. The standard InChI is InChI=1S/C27H41N3O/c1-2-3-4-16-30(26(31)29-13-6-8-22-9-14-28-15-10-22)17-12-27-11-5-7-23-18-24(21-27)20-25(27)19-23/h6,8-10,14-15,23-25H,2-5,7,11-13,16-21H2,1H3,(H,29,31)/b8-6-. The summed E-state index contributed by atoms with van der Waals surface area (Å²) in [6.07, 6.45) is 22.5. The summed E-state index contributed by atoms with van der Waals surface area (Å²) in [5.41, 5.74) is 1.64. The van der Waals surface area contributed by atoms with E-state index in [1.54, 1.807) is 12.4 Å². The average molecular weight is 424 g/mol. The number of nitrogens with zero attached hydrogens (tertiary/aromatic N) is 2. The number of unbranched alkanes of at least 4 members (excludes halogenated alkanes) is 2. The van der Waals surface area contributed by atoms with Crippen molar-refractivity contribution in [3.8, 4) is 0 Å². The van der Waals surface area contributed by atoms with Crippen LogP contribution in [-0.2, 0) is 0 Å². The van der Waals surface area contributed by atoms with Crippen molar-refractivity contribution in [3.05, 3.63) is 36.2 Å². The molecule has 170 valence electrons. The van der Waals surface area contributed by atoms with Gasteiger partial charge in [-0.1, -0.05) is 44.8 Å². The number of amides is 2. The molecule has 31 heavy (non-hydrogen) atoms. The summed E-state index contributed by atoms with van der Waals surface area (Å²) in [7, 11) is 0.